The van der Waals surface area contributed by atoms with Crippen molar-refractivity contribution in [2.45, 2.75) is 12.6 Å². The van der Waals surface area contributed by atoms with Crippen LogP contribution in [-0.2, 0) is 6.54 Å². The second-order valence-corrected chi connectivity index (χ2v) is 5.12. The minimum atomic E-state index is -0.678. The van der Waals surface area contributed by atoms with Gasteiger partial charge in [-0.25, -0.2) is 0 Å². The van der Waals surface area contributed by atoms with Crippen LogP contribution in [0.2, 0.25) is 0 Å². The van der Waals surface area contributed by atoms with Crippen molar-refractivity contribution in [3.8, 4) is 11.5 Å². The van der Waals surface area contributed by atoms with Gasteiger partial charge in [-0.1, -0.05) is 6.08 Å². The first-order valence-corrected chi connectivity index (χ1v) is 7.08. The molecule has 1 aliphatic rings. The second-order valence-electron chi connectivity index (χ2n) is 4.73. The summed E-state index contributed by atoms with van der Waals surface area (Å²) in [5.41, 5.74) is 1.68. The van der Waals surface area contributed by atoms with Crippen molar-refractivity contribution >= 4 is 17.3 Å². The zero-order valence-corrected chi connectivity index (χ0v) is 13.1. The Bertz CT molecular complexity index is 548. The smallest absolute Gasteiger partial charge is 0.169 e. The van der Waals surface area contributed by atoms with Crippen LogP contribution in [-0.4, -0.2) is 42.4 Å². The molecule has 6 heteroatoms. The number of ether oxygens (including phenoxy) is 2. The Hall–Kier alpha value is -1.79. The molecule has 1 atom stereocenters. The van der Waals surface area contributed by atoms with E-state index < -0.39 is 6.10 Å². The van der Waals surface area contributed by atoms with Gasteiger partial charge in [0.2, 0.25) is 0 Å². The third-order valence-corrected chi connectivity index (χ3v) is 3.88. The number of rotatable bonds is 4. The van der Waals surface area contributed by atoms with Gasteiger partial charge in [-0.15, -0.1) is 6.58 Å². The molecular weight excluding hydrogens is 288 g/mol. The second kappa shape index (κ2) is 6.78. The summed E-state index contributed by atoms with van der Waals surface area (Å²) in [7, 11) is 3.21. The molecule has 5 nitrogen and oxygen atoms in total. The standard InChI is InChI=1S/C15H20N2O3S/c1-4-7-16-15(21)17-8-10-12(19-2)5-6-13(20-3)14(10)11(18)9-17/h4-6,11,18H,1,7-9H2,2-3H3,(H,16,21)/t11-/m1/s1. The third kappa shape index (κ3) is 3.11. The van der Waals surface area contributed by atoms with E-state index in [1.165, 1.54) is 0 Å². The molecule has 2 rings (SSSR count). The van der Waals surface area contributed by atoms with Crippen LogP contribution in [0.5, 0.6) is 11.5 Å². The van der Waals surface area contributed by atoms with Gasteiger partial charge in [0.05, 0.1) is 20.8 Å². The highest BCUT2D eigenvalue weighted by Crippen LogP contribution is 2.39. The molecule has 1 aliphatic heterocycles. The zero-order chi connectivity index (χ0) is 15.4. The van der Waals surface area contributed by atoms with Gasteiger partial charge in [0, 0.05) is 24.2 Å². The molecule has 1 heterocycles. The van der Waals surface area contributed by atoms with Gasteiger partial charge >= 0.3 is 0 Å². The molecule has 0 amide bonds. The minimum Gasteiger partial charge on any atom is -0.496 e. The number of fused-ring (bicyclic) bond motifs is 1. The predicted molar refractivity (Wildman–Crippen MR) is 85.7 cm³/mol. The van der Waals surface area contributed by atoms with Gasteiger partial charge in [0.1, 0.15) is 17.6 Å². The number of β-amino-alcohol motifs (C(OH)–C–C–N with tert-alkyl or cyclic N) is 1. The molecule has 0 radical (unpaired) electrons. The van der Waals surface area contributed by atoms with Crippen molar-refractivity contribution in [2.24, 2.45) is 0 Å². The first-order valence-electron chi connectivity index (χ1n) is 6.67. The van der Waals surface area contributed by atoms with E-state index in [0.717, 1.165) is 16.9 Å². The van der Waals surface area contributed by atoms with Crippen LogP contribution in [0.1, 0.15) is 17.2 Å². The van der Waals surface area contributed by atoms with Crippen LogP contribution in [0, 0.1) is 0 Å². The summed E-state index contributed by atoms with van der Waals surface area (Å²) in [4.78, 5) is 1.91. The molecule has 0 aliphatic carbocycles. The molecule has 0 aromatic heterocycles. The molecule has 0 saturated heterocycles. The van der Waals surface area contributed by atoms with E-state index in [1.807, 2.05) is 17.0 Å². The predicted octanol–water partition coefficient (Wildman–Crippen LogP) is 1.61. The zero-order valence-electron chi connectivity index (χ0n) is 12.3. The quantitative estimate of drug-likeness (QED) is 0.651. The molecule has 0 saturated carbocycles. The van der Waals surface area contributed by atoms with Gasteiger partial charge < -0.3 is 24.8 Å². The largest absolute Gasteiger partial charge is 0.496 e. The maximum Gasteiger partial charge on any atom is 0.169 e. The number of hydrogen-bond acceptors (Lipinski definition) is 4. The van der Waals surface area contributed by atoms with Crippen molar-refractivity contribution in [1.82, 2.24) is 10.2 Å². The molecule has 0 fully saturated rings. The van der Waals surface area contributed by atoms with E-state index in [9.17, 15) is 5.11 Å². The van der Waals surface area contributed by atoms with Crippen LogP contribution < -0.4 is 14.8 Å². The normalized spacial score (nSPS) is 16.9. The van der Waals surface area contributed by atoms with Crippen molar-refractivity contribution in [3.05, 3.63) is 35.9 Å². The molecule has 21 heavy (non-hydrogen) atoms. The lowest BCUT2D eigenvalue weighted by Gasteiger charge is -2.35. The maximum atomic E-state index is 10.5. The third-order valence-electron chi connectivity index (χ3n) is 3.47. The van der Waals surface area contributed by atoms with E-state index in [2.05, 4.69) is 11.9 Å². The van der Waals surface area contributed by atoms with Gasteiger partial charge in [0.25, 0.3) is 0 Å². The number of methoxy groups -OCH3 is 2. The topological polar surface area (TPSA) is 54.0 Å². The highest BCUT2D eigenvalue weighted by molar-refractivity contribution is 7.80. The molecule has 0 bridgehead atoms. The number of hydrogen-bond donors (Lipinski definition) is 2. The summed E-state index contributed by atoms with van der Waals surface area (Å²) in [6.07, 6.45) is 1.06. The van der Waals surface area contributed by atoms with Crippen LogP contribution in [0.25, 0.3) is 0 Å². The van der Waals surface area contributed by atoms with Gasteiger partial charge in [0.15, 0.2) is 5.11 Å². The summed E-state index contributed by atoms with van der Waals surface area (Å²) in [6.45, 7) is 5.22. The summed E-state index contributed by atoms with van der Waals surface area (Å²) >= 11 is 5.35. The Morgan fingerprint density at radius 2 is 2.14 bits per heavy atom. The Labute approximate surface area is 130 Å². The van der Waals surface area contributed by atoms with Crippen molar-refractivity contribution in [2.75, 3.05) is 27.3 Å². The Morgan fingerprint density at radius 1 is 1.48 bits per heavy atom. The first-order chi connectivity index (χ1) is 10.1. The molecule has 0 spiro atoms. The molecular formula is C15H20N2O3S. The molecule has 114 valence electrons. The average Bonchev–Trinajstić information content (AvgIpc) is 2.51. The van der Waals surface area contributed by atoms with E-state index in [-0.39, 0.29) is 0 Å². The van der Waals surface area contributed by atoms with Gasteiger partial charge in [-0.2, -0.15) is 0 Å². The summed E-state index contributed by atoms with van der Waals surface area (Å²) < 4.78 is 10.7. The van der Waals surface area contributed by atoms with E-state index in [4.69, 9.17) is 21.7 Å². The lowest BCUT2D eigenvalue weighted by Crippen LogP contribution is -2.44. The maximum absolute atomic E-state index is 10.5. The fourth-order valence-corrected chi connectivity index (χ4v) is 2.72. The molecule has 0 unspecified atom stereocenters. The van der Waals surface area contributed by atoms with E-state index >= 15 is 0 Å². The van der Waals surface area contributed by atoms with Gasteiger partial charge in [-0.3, -0.25) is 0 Å². The molecule has 1 aromatic rings. The van der Waals surface area contributed by atoms with Gasteiger partial charge in [-0.05, 0) is 24.4 Å². The Kier molecular flexibility index (Phi) is 5.03. The highest BCUT2D eigenvalue weighted by atomic mass is 32.1. The monoisotopic (exact) mass is 308 g/mol. The Morgan fingerprint density at radius 3 is 2.76 bits per heavy atom. The number of benzene rings is 1. The fraction of sp³-hybridized carbons (Fsp3) is 0.400. The van der Waals surface area contributed by atoms with Crippen LogP contribution in [0.4, 0.5) is 0 Å². The van der Waals surface area contributed by atoms with Crippen LogP contribution in [0.15, 0.2) is 24.8 Å². The molecule has 1 aromatic carbocycles. The fourth-order valence-electron chi connectivity index (χ4n) is 2.50. The lowest BCUT2D eigenvalue weighted by molar-refractivity contribution is 0.122. The molecule has 2 N–H and O–H groups in total. The highest BCUT2D eigenvalue weighted by Gasteiger charge is 2.30. The number of thiocarbonyl (C=S) groups is 1. The first kappa shape index (κ1) is 15.6. The van der Waals surface area contributed by atoms with E-state index in [1.54, 1.807) is 20.3 Å². The van der Waals surface area contributed by atoms with Crippen LogP contribution in [0.3, 0.4) is 0 Å². The summed E-state index contributed by atoms with van der Waals surface area (Å²) in [5, 5.41) is 14.1. The van der Waals surface area contributed by atoms with Crippen molar-refractivity contribution in [3.63, 3.8) is 0 Å². The van der Waals surface area contributed by atoms with Crippen molar-refractivity contribution < 1.29 is 14.6 Å². The lowest BCUT2D eigenvalue weighted by atomic mass is 9.95. The SMILES string of the molecule is C=CCNC(=S)N1Cc2c(OC)ccc(OC)c2[C@H](O)C1. The van der Waals surface area contributed by atoms with Crippen molar-refractivity contribution in [1.29, 1.82) is 0 Å². The average molecular weight is 308 g/mol. The Balaban J connectivity index is 2.33. The summed E-state index contributed by atoms with van der Waals surface area (Å²) in [6, 6.07) is 3.65. The number of nitrogens with one attached hydrogen (secondary N) is 1. The number of nitrogens with zero attached hydrogens (tertiary/aromatic N) is 1. The number of aliphatic hydroxyl groups excluding tert-OH is 1. The van der Waals surface area contributed by atoms with E-state index in [0.29, 0.717) is 30.5 Å². The number of aliphatic hydroxyl groups is 1. The minimum absolute atomic E-state index is 0.416. The van der Waals surface area contributed by atoms with Crippen LogP contribution >= 0.6 is 12.2 Å². The summed E-state index contributed by atoms with van der Waals surface area (Å²) in [5.74, 6) is 1.39.